The Morgan fingerprint density at radius 1 is 1.69 bits per heavy atom. The number of aromatic nitrogens is 2. The topological polar surface area (TPSA) is 80.4 Å². The van der Waals surface area contributed by atoms with Gasteiger partial charge in [-0.2, -0.15) is 4.98 Å². The van der Waals surface area contributed by atoms with Crippen molar-refractivity contribution in [2.45, 2.75) is 31.5 Å². The molecule has 0 amide bonds. The lowest BCUT2D eigenvalue weighted by Crippen LogP contribution is -2.28. The van der Waals surface area contributed by atoms with E-state index in [1.54, 1.807) is 7.11 Å². The van der Waals surface area contributed by atoms with Crippen LogP contribution in [0.4, 0.5) is 0 Å². The van der Waals surface area contributed by atoms with Crippen LogP contribution in [0.1, 0.15) is 37.6 Å². The van der Waals surface area contributed by atoms with Crippen molar-refractivity contribution in [2.75, 3.05) is 20.2 Å². The minimum atomic E-state index is -1.02. The molecule has 1 saturated heterocycles. The lowest BCUT2D eigenvalue weighted by atomic mass is 10.0. The molecular formula is C10H17N3O3. The highest BCUT2D eigenvalue weighted by Gasteiger charge is 2.39. The molecule has 0 bridgehead atoms. The molecule has 16 heavy (non-hydrogen) atoms. The summed E-state index contributed by atoms with van der Waals surface area (Å²) in [6.45, 7) is 3.20. The van der Waals surface area contributed by atoms with Gasteiger partial charge in [0.15, 0.2) is 5.60 Å². The number of nitrogens with one attached hydrogen (secondary N) is 1. The molecule has 0 aliphatic carbocycles. The molecule has 2 N–H and O–H groups in total. The molecule has 6 heteroatoms. The lowest BCUT2D eigenvalue weighted by Gasteiger charge is -2.14. The van der Waals surface area contributed by atoms with Gasteiger partial charge in [-0.25, -0.2) is 0 Å². The van der Waals surface area contributed by atoms with Crippen LogP contribution < -0.4 is 5.32 Å². The van der Waals surface area contributed by atoms with Crippen LogP contribution in [0.25, 0.3) is 0 Å². The predicted octanol–water partition coefficient (Wildman–Crippen LogP) is 0.348. The van der Waals surface area contributed by atoms with Crippen molar-refractivity contribution in [1.82, 2.24) is 15.5 Å². The lowest BCUT2D eigenvalue weighted by molar-refractivity contribution is 0.0242. The van der Waals surface area contributed by atoms with Crippen LogP contribution in [-0.2, 0) is 10.3 Å². The average molecular weight is 227 g/mol. The third-order valence-corrected chi connectivity index (χ3v) is 2.92. The van der Waals surface area contributed by atoms with Gasteiger partial charge in [-0.15, -0.1) is 0 Å². The van der Waals surface area contributed by atoms with Crippen LogP contribution in [0, 0.1) is 0 Å². The Balaban J connectivity index is 2.18. The number of β-amino-alcohol motifs (C(OH)–C–C–N with tert-alkyl or cyclic N) is 1. The number of ether oxygens (including phenoxy) is 1. The number of hydrogen-bond acceptors (Lipinski definition) is 6. The predicted molar refractivity (Wildman–Crippen MR) is 55.7 cm³/mol. The Morgan fingerprint density at radius 3 is 3.06 bits per heavy atom. The molecule has 0 saturated carbocycles. The molecule has 1 aliphatic heterocycles. The Morgan fingerprint density at radius 2 is 2.50 bits per heavy atom. The molecule has 2 atom stereocenters. The van der Waals surface area contributed by atoms with Crippen LogP contribution in [0.2, 0.25) is 0 Å². The third-order valence-electron chi connectivity index (χ3n) is 2.92. The zero-order valence-electron chi connectivity index (χ0n) is 9.56. The Hall–Kier alpha value is -0.980. The van der Waals surface area contributed by atoms with Gasteiger partial charge in [0.2, 0.25) is 5.82 Å². The maximum atomic E-state index is 10.2. The smallest absolute Gasteiger partial charge is 0.260 e. The normalized spacial score (nSPS) is 27.2. The molecule has 0 aromatic carbocycles. The monoisotopic (exact) mass is 227 g/mol. The van der Waals surface area contributed by atoms with Crippen molar-refractivity contribution >= 4 is 0 Å². The van der Waals surface area contributed by atoms with Crippen LogP contribution in [-0.4, -0.2) is 35.4 Å². The molecule has 90 valence electrons. The van der Waals surface area contributed by atoms with E-state index in [9.17, 15) is 5.11 Å². The van der Waals surface area contributed by atoms with Gasteiger partial charge >= 0.3 is 0 Å². The van der Waals surface area contributed by atoms with Crippen molar-refractivity contribution in [3.05, 3.63) is 11.7 Å². The summed E-state index contributed by atoms with van der Waals surface area (Å²) in [6.07, 6.45) is 1.19. The summed E-state index contributed by atoms with van der Waals surface area (Å²) in [5.74, 6) is 0.781. The van der Waals surface area contributed by atoms with E-state index in [0.29, 0.717) is 18.8 Å². The zero-order valence-corrected chi connectivity index (χ0v) is 9.56. The summed E-state index contributed by atoms with van der Waals surface area (Å²) in [5.41, 5.74) is -1.02. The Kier molecular flexibility index (Phi) is 3.22. The quantitative estimate of drug-likeness (QED) is 0.772. The number of aliphatic hydroxyl groups is 1. The molecule has 2 rings (SSSR count). The molecule has 0 radical (unpaired) electrons. The number of nitrogens with zero attached hydrogens (tertiary/aromatic N) is 2. The van der Waals surface area contributed by atoms with Gasteiger partial charge in [-0.05, 0) is 19.4 Å². The minimum Gasteiger partial charge on any atom is -0.379 e. The van der Waals surface area contributed by atoms with E-state index >= 15 is 0 Å². The van der Waals surface area contributed by atoms with Gasteiger partial charge in [-0.3, -0.25) is 0 Å². The second-order valence-electron chi connectivity index (χ2n) is 4.05. The van der Waals surface area contributed by atoms with Crippen molar-refractivity contribution in [3.63, 3.8) is 0 Å². The van der Waals surface area contributed by atoms with E-state index in [1.165, 1.54) is 0 Å². The summed E-state index contributed by atoms with van der Waals surface area (Å²) in [5, 5.41) is 17.1. The van der Waals surface area contributed by atoms with E-state index in [4.69, 9.17) is 9.26 Å². The van der Waals surface area contributed by atoms with E-state index in [2.05, 4.69) is 15.5 Å². The second kappa shape index (κ2) is 4.48. The summed E-state index contributed by atoms with van der Waals surface area (Å²) < 4.78 is 10.3. The second-order valence-corrected chi connectivity index (χ2v) is 4.05. The SMILES string of the molecule is CCC(OC)c1noc(C2(O)CCNC2)n1. The van der Waals surface area contributed by atoms with Crippen LogP contribution in [0.3, 0.4) is 0 Å². The Bertz CT molecular complexity index is 343. The van der Waals surface area contributed by atoms with Gasteiger partial charge in [0.1, 0.15) is 6.10 Å². The van der Waals surface area contributed by atoms with Crippen LogP contribution in [0.5, 0.6) is 0 Å². The molecule has 1 fully saturated rings. The third kappa shape index (κ3) is 1.95. The molecule has 2 heterocycles. The van der Waals surface area contributed by atoms with Gasteiger partial charge in [-0.1, -0.05) is 12.1 Å². The van der Waals surface area contributed by atoms with E-state index in [1.807, 2.05) is 6.92 Å². The highest BCUT2D eigenvalue weighted by Crippen LogP contribution is 2.27. The molecule has 2 unspecified atom stereocenters. The van der Waals surface area contributed by atoms with Gasteiger partial charge in [0.25, 0.3) is 5.89 Å². The highest BCUT2D eigenvalue weighted by molar-refractivity contribution is 5.04. The van der Waals surface area contributed by atoms with Crippen LogP contribution >= 0.6 is 0 Å². The molecule has 0 spiro atoms. The first-order valence-corrected chi connectivity index (χ1v) is 5.49. The van der Waals surface area contributed by atoms with Crippen molar-refractivity contribution in [3.8, 4) is 0 Å². The number of rotatable bonds is 4. The fraction of sp³-hybridized carbons (Fsp3) is 0.800. The fourth-order valence-corrected chi connectivity index (χ4v) is 1.87. The van der Waals surface area contributed by atoms with Gasteiger partial charge in [0.05, 0.1) is 0 Å². The largest absolute Gasteiger partial charge is 0.379 e. The molecule has 6 nitrogen and oxygen atoms in total. The molecule has 1 aromatic rings. The Labute approximate surface area is 94.0 Å². The molecular weight excluding hydrogens is 210 g/mol. The van der Waals surface area contributed by atoms with E-state index < -0.39 is 5.60 Å². The highest BCUT2D eigenvalue weighted by atomic mass is 16.5. The fourth-order valence-electron chi connectivity index (χ4n) is 1.87. The number of methoxy groups -OCH3 is 1. The zero-order chi connectivity index (χ0) is 11.6. The number of hydrogen-bond donors (Lipinski definition) is 2. The molecule has 1 aromatic heterocycles. The minimum absolute atomic E-state index is 0.171. The van der Waals surface area contributed by atoms with E-state index in [0.717, 1.165) is 13.0 Å². The first kappa shape index (κ1) is 11.5. The maximum absolute atomic E-state index is 10.2. The van der Waals surface area contributed by atoms with E-state index in [-0.39, 0.29) is 12.0 Å². The molecule has 1 aliphatic rings. The van der Waals surface area contributed by atoms with Crippen LogP contribution in [0.15, 0.2) is 4.52 Å². The summed E-state index contributed by atoms with van der Waals surface area (Å²) in [4.78, 5) is 4.21. The standard InChI is InChI=1S/C10H17N3O3/c1-3-7(15-2)8-12-9(16-13-8)10(14)4-5-11-6-10/h7,11,14H,3-6H2,1-2H3. The average Bonchev–Trinajstić information content (AvgIpc) is 2.90. The maximum Gasteiger partial charge on any atom is 0.260 e. The summed E-state index contributed by atoms with van der Waals surface area (Å²) in [7, 11) is 1.61. The van der Waals surface area contributed by atoms with Gasteiger partial charge in [0, 0.05) is 13.7 Å². The first-order valence-electron chi connectivity index (χ1n) is 5.49. The van der Waals surface area contributed by atoms with Crippen molar-refractivity contribution < 1.29 is 14.4 Å². The summed E-state index contributed by atoms with van der Waals surface area (Å²) in [6, 6.07) is 0. The van der Waals surface area contributed by atoms with Gasteiger partial charge < -0.3 is 19.7 Å². The van der Waals surface area contributed by atoms with Crippen molar-refractivity contribution in [1.29, 1.82) is 0 Å². The first-order chi connectivity index (χ1) is 7.69. The summed E-state index contributed by atoms with van der Waals surface area (Å²) >= 11 is 0. The van der Waals surface area contributed by atoms with Crippen molar-refractivity contribution in [2.24, 2.45) is 0 Å².